The zero-order chi connectivity index (χ0) is 23.5. The van der Waals surface area contributed by atoms with Crippen molar-refractivity contribution >= 4 is 28.5 Å². The Bertz CT molecular complexity index is 1280. The number of anilines is 2. The van der Waals surface area contributed by atoms with Crippen LogP contribution in [0.5, 0.6) is 0 Å². The predicted octanol–water partition coefficient (Wildman–Crippen LogP) is 3.68. The molecule has 0 unspecified atom stereocenters. The van der Waals surface area contributed by atoms with E-state index in [1.165, 1.54) is 11.9 Å². The molecule has 0 bridgehead atoms. The molecular weight excluding hydrogens is 432 g/mol. The van der Waals surface area contributed by atoms with E-state index in [1.807, 2.05) is 24.1 Å². The molecule has 1 amide bonds. The van der Waals surface area contributed by atoms with Gasteiger partial charge in [0.25, 0.3) is 5.91 Å². The van der Waals surface area contributed by atoms with E-state index >= 15 is 0 Å². The molecule has 0 saturated heterocycles. The van der Waals surface area contributed by atoms with Crippen molar-refractivity contribution in [3.63, 3.8) is 0 Å². The summed E-state index contributed by atoms with van der Waals surface area (Å²) in [6, 6.07) is 2.04. The molecule has 2 aliphatic carbocycles. The van der Waals surface area contributed by atoms with Crippen LogP contribution in [0.3, 0.4) is 0 Å². The summed E-state index contributed by atoms with van der Waals surface area (Å²) in [5, 5.41) is 7.85. The van der Waals surface area contributed by atoms with Crippen molar-refractivity contribution in [3.05, 3.63) is 41.2 Å². The first-order valence-corrected chi connectivity index (χ1v) is 12.0. The SMILES string of the molecule is COCC1(Nc2ccnc3c2CCN(C(=O)c2c(C)oc4ncnc(NC5(C)CC5)c24)C3)CC1. The van der Waals surface area contributed by atoms with Crippen molar-refractivity contribution in [2.24, 2.45) is 0 Å². The molecule has 9 heteroatoms. The van der Waals surface area contributed by atoms with Crippen LogP contribution in [-0.2, 0) is 17.7 Å². The topological polar surface area (TPSA) is 105 Å². The van der Waals surface area contributed by atoms with Crippen LogP contribution >= 0.6 is 0 Å². The number of hydrogen-bond acceptors (Lipinski definition) is 8. The maximum atomic E-state index is 13.8. The number of nitrogens with zero attached hydrogens (tertiary/aromatic N) is 4. The molecule has 0 radical (unpaired) electrons. The van der Waals surface area contributed by atoms with Crippen LogP contribution < -0.4 is 10.6 Å². The zero-order valence-corrected chi connectivity index (χ0v) is 19.9. The van der Waals surface area contributed by atoms with Crippen LogP contribution in [-0.4, -0.2) is 57.1 Å². The number of carbonyl (C=O) groups excluding carboxylic acids is 1. The van der Waals surface area contributed by atoms with Gasteiger partial charge in [0.15, 0.2) is 0 Å². The van der Waals surface area contributed by atoms with E-state index < -0.39 is 0 Å². The average Bonchev–Trinajstić information content (AvgIpc) is 3.72. The molecule has 178 valence electrons. The molecule has 3 aromatic heterocycles. The van der Waals surface area contributed by atoms with Gasteiger partial charge in [0, 0.05) is 36.6 Å². The van der Waals surface area contributed by atoms with E-state index in [4.69, 9.17) is 9.15 Å². The smallest absolute Gasteiger partial charge is 0.258 e. The van der Waals surface area contributed by atoms with Gasteiger partial charge in [0.05, 0.1) is 35.3 Å². The fourth-order valence-electron chi connectivity index (χ4n) is 4.92. The minimum absolute atomic E-state index is 0.0197. The number of methoxy groups -OCH3 is 1. The first-order valence-electron chi connectivity index (χ1n) is 12.0. The second kappa shape index (κ2) is 7.66. The number of nitrogens with one attached hydrogen (secondary N) is 2. The average molecular weight is 463 g/mol. The lowest BCUT2D eigenvalue weighted by molar-refractivity contribution is 0.0732. The quantitative estimate of drug-likeness (QED) is 0.548. The maximum Gasteiger partial charge on any atom is 0.258 e. The van der Waals surface area contributed by atoms with Gasteiger partial charge in [-0.3, -0.25) is 9.78 Å². The van der Waals surface area contributed by atoms with Gasteiger partial charge in [0.1, 0.15) is 17.9 Å². The van der Waals surface area contributed by atoms with Crippen molar-refractivity contribution in [3.8, 4) is 0 Å². The van der Waals surface area contributed by atoms with E-state index in [2.05, 4.69) is 32.5 Å². The molecule has 3 aromatic rings. The standard InChI is InChI=1S/C25H30N6O3/c1-15-19(20-21(30-24(2)6-7-24)27-14-28-22(20)34-15)23(32)31-11-5-16-17(4-10-26-18(16)12-31)29-25(8-9-25)13-33-3/h4,10,14H,5-9,11-13H2,1-3H3,(H,26,29)(H,27,28,30). The molecule has 0 aromatic carbocycles. The third kappa shape index (κ3) is 3.68. The minimum Gasteiger partial charge on any atom is -0.442 e. The summed E-state index contributed by atoms with van der Waals surface area (Å²) in [5.41, 5.74) is 4.26. The number of ether oxygens (including phenoxy) is 1. The van der Waals surface area contributed by atoms with Gasteiger partial charge in [-0.25, -0.2) is 9.97 Å². The fourth-order valence-corrected chi connectivity index (χ4v) is 4.92. The Labute approximate surface area is 198 Å². The molecule has 1 aliphatic heterocycles. The lowest BCUT2D eigenvalue weighted by Crippen LogP contribution is -2.37. The molecule has 0 atom stereocenters. The van der Waals surface area contributed by atoms with Gasteiger partial charge in [-0.05, 0) is 52.0 Å². The Morgan fingerprint density at radius 1 is 1.21 bits per heavy atom. The van der Waals surface area contributed by atoms with Gasteiger partial charge in [0.2, 0.25) is 5.71 Å². The highest BCUT2D eigenvalue weighted by Crippen LogP contribution is 2.42. The van der Waals surface area contributed by atoms with Gasteiger partial charge in [-0.2, -0.15) is 0 Å². The summed E-state index contributed by atoms with van der Waals surface area (Å²) in [7, 11) is 1.74. The summed E-state index contributed by atoms with van der Waals surface area (Å²) in [4.78, 5) is 29.0. The van der Waals surface area contributed by atoms with Crippen molar-refractivity contribution in [1.29, 1.82) is 0 Å². The van der Waals surface area contributed by atoms with Gasteiger partial charge >= 0.3 is 0 Å². The Morgan fingerprint density at radius 3 is 2.76 bits per heavy atom. The third-order valence-electron chi connectivity index (χ3n) is 7.38. The summed E-state index contributed by atoms with van der Waals surface area (Å²) >= 11 is 0. The first-order chi connectivity index (χ1) is 16.4. The first kappa shape index (κ1) is 21.3. The summed E-state index contributed by atoms with van der Waals surface area (Å²) in [6.45, 7) is 5.75. The van der Waals surface area contributed by atoms with Gasteiger partial charge in [-0.15, -0.1) is 0 Å². The largest absolute Gasteiger partial charge is 0.442 e. The Balaban J connectivity index is 1.29. The number of furan rings is 1. The van der Waals surface area contributed by atoms with Crippen molar-refractivity contribution in [1.82, 2.24) is 19.9 Å². The second-order valence-corrected chi connectivity index (χ2v) is 10.2. The van der Waals surface area contributed by atoms with Crippen LogP contribution in [0, 0.1) is 6.92 Å². The Kier molecular flexibility index (Phi) is 4.81. The molecule has 4 heterocycles. The van der Waals surface area contributed by atoms with Gasteiger partial charge in [-0.1, -0.05) is 0 Å². The molecule has 34 heavy (non-hydrogen) atoms. The maximum absolute atomic E-state index is 13.8. The predicted molar refractivity (Wildman–Crippen MR) is 128 cm³/mol. The Morgan fingerprint density at radius 2 is 2.03 bits per heavy atom. The van der Waals surface area contributed by atoms with E-state index in [0.717, 1.165) is 43.5 Å². The number of fused-ring (bicyclic) bond motifs is 2. The summed E-state index contributed by atoms with van der Waals surface area (Å²) in [6.07, 6.45) is 8.42. The van der Waals surface area contributed by atoms with Crippen LogP contribution in [0.1, 0.15) is 60.0 Å². The number of hydrogen-bond donors (Lipinski definition) is 2. The van der Waals surface area contributed by atoms with E-state index in [1.54, 1.807) is 7.11 Å². The monoisotopic (exact) mass is 462 g/mol. The number of pyridine rings is 1. The summed E-state index contributed by atoms with van der Waals surface area (Å²) < 4.78 is 11.3. The summed E-state index contributed by atoms with van der Waals surface area (Å²) in [5.74, 6) is 1.16. The Hall–Kier alpha value is -3.20. The number of aryl methyl sites for hydroxylation is 1. The third-order valence-corrected chi connectivity index (χ3v) is 7.38. The molecule has 9 nitrogen and oxygen atoms in total. The number of amides is 1. The lowest BCUT2D eigenvalue weighted by atomic mass is 10.0. The normalized spacial score (nSPS) is 19.6. The molecule has 3 aliphatic rings. The van der Waals surface area contributed by atoms with Crippen molar-refractivity contribution in [2.45, 2.75) is 63.6 Å². The minimum atomic E-state index is -0.0705. The molecule has 2 fully saturated rings. The van der Waals surface area contributed by atoms with Gasteiger partial charge < -0.3 is 24.7 Å². The van der Waals surface area contributed by atoms with E-state index in [9.17, 15) is 4.79 Å². The fraction of sp³-hybridized carbons (Fsp3) is 0.520. The number of rotatable bonds is 7. The number of aromatic nitrogens is 3. The van der Waals surface area contributed by atoms with E-state index in [-0.39, 0.29) is 17.0 Å². The highest BCUT2D eigenvalue weighted by atomic mass is 16.5. The molecule has 2 saturated carbocycles. The van der Waals surface area contributed by atoms with Crippen LogP contribution in [0.4, 0.5) is 11.5 Å². The highest BCUT2D eigenvalue weighted by Gasteiger charge is 2.43. The highest BCUT2D eigenvalue weighted by molar-refractivity contribution is 6.10. The lowest BCUT2D eigenvalue weighted by Gasteiger charge is -2.30. The van der Waals surface area contributed by atoms with Crippen LogP contribution in [0.2, 0.25) is 0 Å². The molecular formula is C25H30N6O3. The number of carbonyl (C=O) groups is 1. The van der Waals surface area contributed by atoms with E-state index in [0.29, 0.717) is 47.9 Å². The van der Waals surface area contributed by atoms with Crippen molar-refractivity contribution in [2.75, 3.05) is 30.9 Å². The zero-order valence-electron chi connectivity index (χ0n) is 19.9. The molecule has 6 rings (SSSR count). The second-order valence-electron chi connectivity index (χ2n) is 10.2. The van der Waals surface area contributed by atoms with Crippen molar-refractivity contribution < 1.29 is 13.9 Å². The van der Waals surface area contributed by atoms with Crippen LogP contribution in [0.15, 0.2) is 23.0 Å². The van der Waals surface area contributed by atoms with Crippen LogP contribution in [0.25, 0.3) is 11.1 Å². The molecule has 0 spiro atoms. The molecule has 2 N–H and O–H groups in total.